The van der Waals surface area contributed by atoms with Gasteiger partial charge >= 0.3 is 0 Å². The van der Waals surface area contributed by atoms with Crippen molar-refractivity contribution in [2.24, 2.45) is 0 Å². The standard InChI is InChI=1S/C21H22N4OS2/c1-13(2)15-9-11-17(12-10-15)23-21(27)25-24-19(26)18-14(3)22-20(28-18)16-7-5-4-6-8-16/h4-13H,1-3H3,(H,24,26)(H2,23,25,27). The fourth-order valence-corrected chi connectivity index (χ4v) is 3.73. The van der Waals surface area contributed by atoms with E-state index in [9.17, 15) is 4.79 Å². The molecule has 3 rings (SSSR count). The largest absolute Gasteiger partial charge is 0.331 e. The molecule has 0 aliphatic heterocycles. The molecule has 1 aromatic heterocycles. The number of amides is 1. The summed E-state index contributed by atoms with van der Waals surface area (Å²) in [6, 6.07) is 17.8. The Kier molecular flexibility index (Phi) is 6.38. The van der Waals surface area contributed by atoms with Gasteiger partial charge in [0.15, 0.2) is 5.11 Å². The van der Waals surface area contributed by atoms with E-state index in [2.05, 4.69) is 47.1 Å². The van der Waals surface area contributed by atoms with Crippen LogP contribution in [0, 0.1) is 6.92 Å². The fourth-order valence-electron chi connectivity index (χ4n) is 2.60. The van der Waals surface area contributed by atoms with Crippen LogP contribution in [0.1, 0.15) is 40.7 Å². The average Bonchev–Trinajstić information content (AvgIpc) is 3.09. The quantitative estimate of drug-likeness (QED) is 0.423. The van der Waals surface area contributed by atoms with Gasteiger partial charge in [0, 0.05) is 11.3 Å². The van der Waals surface area contributed by atoms with Gasteiger partial charge in [0.05, 0.1) is 5.69 Å². The van der Waals surface area contributed by atoms with E-state index >= 15 is 0 Å². The first kappa shape index (κ1) is 20.0. The number of thiocarbonyl (C=S) groups is 1. The molecule has 0 aliphatic rings. The molecule has 5 nitrogen and oxygen atoms in total. The van der Waals surface area contributed by atoms with Crippen LogP contribution >= 0.6 is 23.6 Å². The third-order valence-electron chi connectivity index (χ3n) is 4.15. The molecule has 0 unspecified atom stereocenters. The lowest BCUT2D eigenvalue weighted by molar-refractivity contribution is 0.0947. The second-order valence-electron chi connectivity index (χ2n) is 6.61. The highest BCUT2D eigenvalue weighted by Gasteiger charge is 2.16. The predicted octanol–water partition coefficient (Wildman–Crippen LogP) is 4.87. The normalized spacial score (nSPS) is 10.6. The first-order valence-corrected chi connectivity index (χ1v) is 10.2. The van der Waals surface area contributed by atoms with E-state index in [0.717, 1.165) is 16.3 Å². The Bertz CT molecular complexity index is 966. The maximum absolute atomic E-state index is 12.5. The number of anilines is 1. The number of hydrogen-bond donors (Lipinski definition) is 3. The molecule has 1 amide bonds. The highest BCUT2D eigenvalue weighted by Crippen LogP contribution is 2.27. The summed E-state index contributed by atoms with van der Waals surface area (Å²) in [4.78, 5) is 17.5. The number of carbonyl (C=O) groups excluding carboxylic acids is 1. The predicted molar refractivity (Wildman–Crippen MR) is 120 cm³/mol. The number of rotatable bonds is 4. The topological polar surface area (TPSA) is 66.0 Å². The fraction of sp³-hybridized carbons (Fsp3) is 0.190. The van der Waals surface area contributed by atoms with Gasteiger partial charge in [-0.25, -0.2) is 4.98 Å². The van der Waals surface area contributed by atoms with Crippen molar-refractivity contribution in [1.82, 2.24) is 15.8 Å². The molecule has 0 atom stereocenters. The summed E-state index contributed by atoms with van der Waals surface area (Å²) in [6.45, 7) is 6.12. The number of nitrogens with one attached hydrogen (secondary N) is 3. The molecule has 3 N–H and O–H groups in total. The lowest BCUT2D eigenvalue weighted by Gasteiger charge is -2.12. The third-order valence-corrected chi connectivity index (χ3v) is 5.56. The Morgan fingerprint density at radius 1 is 1.04 bits per heavy atom. The van der Waals surface area contributed by atoms with Crippen molar-refractivity contribution < 1.29 is 4.79 Å². The van der Waals surface area contributed by atoms with Gasteiger partial charge in [0.2, 0.25) is 0 Å². The number of hydrogen-bond acceptors (Lipinski definition) is 4. The molecule has 0 radical (unpaired) electrons. The van der Waals surface area contributed by atoms with Crippen molar-refractivity contribution in [2.75, 3.05) is 5.32 Å². The second-order valence-corrected chi connectivity index (χ2v) is 8.02. The number of aromatic nitrogens is 1. The summed E-state index contributed by atoms with van der Waals surface area (Å²) in [5.74, 6) is 0.207. The van der Waals surface area contributed by atoms with E-state index in [4.69, 9.17) is 12.2 Å². The van der Waals surface area contributed by atoms with Gasteiger partial charge in [-0.2, -0.15) is 0 Å². The molecule has 3 aromatic rings. The van der Waals surface area contributed by atoms with Gasteiger partial charge < -0.3 is 5.32 Å². The number of nitrogens with zero attached hydrogens (tertiary/aromatic N) is 1. The van der Waals surface area contributed by atoms with Crippen molar-refractivity contribution in [2.45, 2.75) is 26.7 Å². The summed E-state index contributed by atoms with van der Waals surface area (Å²) < 4.78 is 0. The third kappa shape index (κ3) is 4.94. The van der Waals surface area contributed by atoms with E-state index in [-0.39, 0.29) is 5.91 Å². The first-order valence-electron chi connectivity index (χ1n) is 8.94. The van der Waals surface area contributed by atoms with Gasteiger partial charge in [0.1, 0.15) is 9.88 Å². The Morgan fingerprint density at radius 2 is 1.71 bits per heavy atom. The molecule has 144 valence electrons. The minimum atomic E-state index is -0.267. The van der Waals surface area contributed by atoms with E-state index < -0.39 is 0 Å². The highest BCUT2D eigenvalue weighted by atomic mass is 32.1. The smallest absolute Gasteiger partial charge is 0.281 e. The zero-order chi connectivity index (χ0) is 20.1. The van der Waals surface area contributed by atoms with Crippen LogP contribution in [0.25, 0.3) is 10.6 Å². The summed E-state index contributed by atoms with van der Waals surface area (Å²) in [7, 11) is 0. The summed E-state index contributed by atoms with van der Waals surface area (Å²) >= 11 is 6.61. The maximum Gasteiger partial charge on any atom is 0.281 e. The lowest BCUT2D eigenvalue weighted by atomic mass is 10.0. The number of carbonyl (C=O) groups is 1. The van der Waals surface area contributed by atoms with Crippen LogP contribution in [-0.2, 0) is 0 Å². The van der Waals surface area contributed by atoms with Crippen molar-refractivity contribution >= 4 is 40.3 Å². The molecule has 2 aromatic carbocycles. The summed E-state index contributed by atoms with van der Waals surface area (Å²) in [6.07, 6.45) is 0. The van der Waals surface area contributed by atoms with Crippen LogP contribution in [0.15, 0.2) is 54.6 Å². The Balaban J connectivity index is 1.58. The molecule has 0 saturated carbocycles. The number of thiazole rings is 1. The van der Waals surface area contributed by atoms with E-state index in [0.29, 0.717) is 21.6 Å². The van der Waals surface area contributed by atoms with Crippen molar-refractivity contribution in [1.29, 1.82) is 0 Å². The molecule has 0 aliphatic carbocycles. The second kappa shape index (κ2) is 8.95. The minimum absolute atomic E-state index is 0.267. The highest BCUT2D eigenvalue weighted by molar-refractivity contribution is 7.80. The molecular formula is C21H22N4OS2. The lowest BCUT2D eigenvalue weighted by Crippen LogP contribution is -2.43. The molecule has 0 spiro atoms. The molecule has 0 bridgehead atoms. The monoisotopic (exact) mass is 410 g/mol. The van der Waals surface area contributed by atoms with E-state index in [1.807, 2.05) is 49.4 Å². The van der Waals surface area contributed by atoms with Gasteiger partial charge in [-0.05, 0) is 42.8 Å². The van der Waals surface area contributed by atoms with Crippen LogP contribution in [0.3, 0.4) is 0 Å². The molecule has 1 heterocycles. The summed E-state index contributed by atoms with van der Waals surface area (Å²) in [5.41, 5.74) is 9.17. The van der Waals surface area contributed by atoms with Gasteiger partial charge in [-0.15, -0.1) is 11.3 Å². The van der Waals surface area contributed by atoms with Crippen molar-refractivity contribution in [3.8, 4) is 10.6 Å². The number of hydrazine groups is 1. The Morgan fingerprint density at radius 3 is 2.36 bits per heavy atom. The van der Waals surface area contributed by atoms with Crippen LogP contribution < -0.4 is 16.2 Å². The average molecular weight is 411 g/mol. The van der Waals surface area contributed by atoms with Crippen LogP contribution in [0.4, 0.5) is 5.69 Å². The van der Waals surface area contributed by atoms with Crippen molar-refractivity contribution in [3.05, 3.63) is 70.7 Å². The SMILES string of the molecule is Cc1nc(-c2ccccc2)sc1C(=O)NNC(=S)Nc1ccc(C(C)C)cc1. The van der Waals surface area contributed by atoms with Crippen LogP contribution in [0.2, 0.25) is 0 Å². The summed E-state index contributed by atoms with van der Waals surface area (Å²) in [5, 5.41) is 4.18. The number of aryl methyl sites for hydroxylation is 1. The number of benzene rings is 2. The zero-order valence-electron chi connectivity index (χ0n) is 15.9. The Hall–Kier alpha value is -2.77. The minimum Gasteiger partial charge on any atom is -0.331 e. The Labute approximate surface area is 174 Å². The van der Waals surface area contributed by atoms with Gasteiger partial charge in [-0.1, -0.05) is 56.3 Å². The van der Waals surface area contributed by atoms with E-state index in [1.54, 1.807) is 0 Å². The van der Waals surface area contributed by atoms with E-state index in [1.165, 1.54) is 16.9 Å². The van der Waals surface area contributed by atoms with Gasteiger partial charge in [0.25, 0.3) is 5.91 Å². The first-order chi connectivity index (χ1) is 13.4. The molecule has 7 heteroatoms. The molecule has 0 fully saturated rings. The maximum atomic E-state index is 12.5. The molecule has 0 saturated heterocycles. The van der Waals surface area contributed by atoms with Crippen molar-refractivity contribution in [3.63, 3.8) is 0 Å². The van der Waals surface area contributed by atoms with Crippen LogP contribution in [0.5, 0.6) is 0 Å². The molecular weight excluding hydrogens is 388 g/mol. The van der Waals surface area contributed by atoms with Gasteiger partial charge in [-0.3, -0.25) is 15.6 Å². The molecule has 28 heavy (non-hydrogen) atoms. The van der Waals surface area contributed by atoms with Crippen LogP contribution in [-0.4, -0.2) is 16.0 Å². The zero-order valence-corrected chi connectivity index (χ0v) is 17.6.